The first-order valence-electron chi connectivity index (χ1n) is 8.31. The summed E-state index contributed by atoms with van der Waals surface area (Å²) in [5.74, 6) is 1.99. The first-order chi connectivity index (χ1) is 10.9. The molecule has 2 aromatic heterocycles. The van der Waals surface area contributed by atoms with E-state index in [4.69, 9.17) is 9.97 Å². The number of rotatable bonds is 2. The third kappa shape index (κ3) is 3.21. The summed E-state index contributed by atoms with van der Waals surface area (Å²) in [4.78, 5) is 16.1. The van der Waals surface area contributed by atoms with E-state index in [0.29, 0.717) is 6.04 Å². The molecule has 1 aliphatic heterocycles. The lowest BCUT2D eigenvalue weighted by Crippen LogP contribution is -2.38. The van der Waals surface area contributed by atoms with Crippen LogP contribution >= 0.6 is 0 Å². The molecule has 23 heavy (non-hydrogen) atoms. The maximum absolute atomic E-state index is 4.91. The Morgan fingerprint density at radius 3 is 2.61 bits per heavy atom. The van der Waals surface area contributed by atoms with E-state index in [-0.39, 0.29) is 5.41 Å². The molecule has 124 valence electrons. The van der Waals surface area contributed by atoms with Gasteiger partial charge in [-0.2, -0.15) is 5.10 Å². The third-order valence-electron chi connectivity index (χ3n) is 4.54. The number of aryl methyl sites for hydroxylation is 1. The fourth-order valence-corrected chi connectivity index (χ4v) is 3.03. The lowest BCUT2D eigenvalue weighted by Gasteiger charge is -2.35. The van der Waals surface area contributed by atoms with Gasteiger partial charge in [-0.05, 0) is 26.7 Å². The summed E-state index contributed by atoms with van der Waals surface area (Å²) >= 11 is 0. The van der Waals surface area contributed by atoms with Gasteiger partial charge in [0.1, 0.15) is 24.3 Å². The van der Waals surface area contributed by atoms with Crippen LogP contribution in [0.25, 0.3) is 0 Å². The second kappa shape index (κ2) is 5.91. The molecule has 3 rings (SSSR count). The van der Waals surface area contributed by atoms with Gasteiger partial charge in [0.15, 0.2) is 0 Å². The fraction of sp³-hybridized carbons (Fsp3) is 0.647. The fourth-order valence-electron chi connectivity index (χ4n) is 3.03. The molecule has 0 amide bonds. The molecule has 1 saturated heterocycles. The molecule has 0 spiro atoms. The Kier molecular flexibility index (Phi) is 4.08. The zero-order valence-corrected chi connectivity index (χ0v) is 14.7. The summed E-state index contributed by atoms with van der Waals surface area (Å²) in [6.07, 6.45) is 5.69. The Balaban J connectivity index is 1.93. The molecular weight excluding hydrogens is 288 g/mol. The molecule has 0 aliphatic carbocycles. The maximum Gasteiger partial charge on any atom is 0.137 e. The predicted octanol–water partition coefficient (Wildman–Crippen LogP) is 2.82. The molecule has 1 atom stereocenters. The van der Waals surface area contributed by atoms with Crippen LogP contribution in [0, 0.1) is 13.8 Å². The molecule has 3 heterocycles. The number of aromatic nitrogens is 5. The molecule has 6 heteroatoms. The molecule has 0 aromatic carbocycles. The number of piperidine rings is 1. The van der Waals surface area contributed by atoms with Crippen molar-refractivity contribution < 1.29 is 0 Å². The van der Waals surface area contributed by atoms with Crippen molar-refractivity contribution in [2.75, 3.05) is 18.0 Å². The van der Waals surface area contributed by atoms with E-state index >= 15 is 0 Å². The molecule has 0 N–H and O–H groups in total. The second-order valence-electron chi connectivity index (χ2n) is 7.45. The van der Waals surface area contributed by atoms with Gasteiger partial charge in [-0.1, -0.05) is 20.8 Å². The quantitative estimate of drug-likeness (QED) is 0.853. The van der Waals surface area contributed by atoms with Gasteiger partial charge in [-0.25, -0.2) is 19.6 Å². The summed E-state index contributed by atoms with van der Waals surface area (Å²) in [5.41, 5.74) is 2.20. The highest BCUT2D eigenvalue weighted by Crippen LogP contribution is 2.29. The van der Waals surface area contributed by atoms with Gasteiger partial charge >= 0.3 is 0 Å². The zero-order valence-electron chi connectivity index (χ0n) is 14.7. The average molecular weight is 314 g/mol. The van der Waals surface area contributed by atoms with E-state index in [0.717, 1.165) is 43.3 Å². The Bertz CT molecular complexity index is 671. The largest absolute Gasteiger partial charge is 0.354 e. The van der Waals surface area contributed by atoms with Crippen molar-refractivity contribution in [3.63, 3.8) is 0 Å². The standard InChI is InChI=1S/C17H26N6/c1-12-13(2)20-16(17(3,4)5)21-15(12)22-8-6-7-14(9-22)23-11-18-10-19-23/h10-11,14H,6-9H2,1-5H3/t14-/m0/s1. The van der Waals surface area contributed by atoms with Gasteiger partial charge in [0, 0.05) is 29.8 Å². The molecule has 0 bridgehead atoms. The van der Waals surface area contributed by atoms with Gasteiger partial charge < -0.3 is 4.90 Å². The normalized spacial score (nSPS) is 19.2. The summed E-state index contributed by atoms with van der Waals surface area (Å²) in [6.45, 7) is 12.6. The Morgan fingerprint density at radius 1 is 1.17 bits per heavy atom. The highest BCUT2D eigenvalue weighted by molar-refractivity contribution is 5.49. The van der Waals surface area contributed by atoms with Gasteiger partial charge in [-0.3, -0.25) is 0 Å². The average Bonchev–Trinajstić information content (AvgIpc) is 3.03. The predicted molar refractivity (Wildman–Crippen MR) is 90.7 cm³/mol. The van der Waals surface area contributed by atoms with Gasteiger partial charge in [0.2, 0.25) is 0 Å². The van der Waals surface area contributed by atoms with Crippen molar-refractivity contribution in [1.82, 2.24) is 24.7 Å². The Labute approximate surface area is 138 Å². The van der Waals surface area contributed by atoms with Crippen LogP contribution in [0.5, 0.6) is 0 Å². The molecule has 0 unspecified atom stereocenters. The Hall–Kier alpha value is -1.98. The molecule has 0 saturated carbocycles. The third-order valence-corrected chi connectivity index (χ3v) is 4.54. The van der Waals surface area contributed by atoms with Crippen LogP contribution in [-0.2, 0) is 5.41 Å². The van der Waals surface area contributed by atoms with Gasteiger partial charge in [0.05, 0.1) is 6.04 Å². The van der Waals surface area contributed by atoms with Crippen LogP contribution in [0.15, 0.2) is 12.7 Å². The summed E-state index contributed by atoms with van der Waals surface area (Å²) in [6, 6.07) is 0.360. The first kappa shape index (κ1) is 15.9. The molecular formula is C17H26N6. The van der Waals surface area contributed by atoms with Crippen LogP contribution in [0.3, 0.4) is 0 Å². The van der Waals surface area contributed by atoms with Gasteiger partial charge in [0.25, 0.3) is 0 Å². The molecule has 1 aliphatic rings. The van der Waals surface area contributed by atoms with Gasteiger partial charge in [-0.15, -0.1) is 0 Å². The lowest BCUT2D eigenvalue weighted by atomic mass is 9.95. The number of hydrogen-bond donors (Lipinski definition) is 0. The van der Waals surface area contributed by atoms with Crippen molar-refractivity contribution in [2.24, 2.45) is 0 Å². The summed E-state index contributed by atoms with van der Waals surface area (Å²) < 4.78 is 1.97. The minimum absolute atomic E-state index is 0.0473. The maximum atomic E-state index is 4.91. The summed E-state index contributed by atoms with van der Waals surface area (Å²) in [7, 11) is 0. The van der Waals surface area contributed by atoms with Crippen molar-refractivity contribution in [3.8, 4) is 0 Å². The number of hydrogen-bond acceptors (Lipinski definition) is 5. The van der Waals surface area contributed by atoms with E-state index in [2.05, 4.69) is 49.6 Å². The summed E-state index contributed by atoms with van der Waals surface area (Å²) in [5, 5.41) is 4.31. The lowest BCUT2D eigenvalue weighted by molar-refractivity contribution is 0.373. The highest BCUT2D eigenvalue weighted by atomic mass is 15.4. The number of anilines is 1. The molecule has 0 radical (unpaired) electrons. The Morgan fingerprint density at radius 2 is 1.96 bits per heavy atom. The van der Waals surface area contributed by atoms with Crippen LogP contribution in [0.4, 0.5) is 5.82 Å². The van der Waals surface area contributed by atoms with Crippen LogP contribution < -0.4 is 4.90 Å². The van der Waals surface area contributed by atoms with Crippen LogP contribution in [0.2, 0.25) is 0 Å². The van der Waals surface area contributed by atoms with E-state index < -0.39 is 0 Å². The highest BCUT2D eigenvalue weighted by Gasteiger charge is 2.26. The second-order valence-corrected chi connectivity index (χ2v) is 7.45. The zero-order chi connectivity index (χ0) is 16.6. The first-order valence-corrected chi connectivity index (χ1v) is 8.31. The van der Waals surface area contributed by atoms with Crippen molar-refractivity contribution in [3.05, 3.63) is 29.7 Å². The van der Waals surface area contributed by atoms with Crippen molar-refractivity contribution in [1.29, 1.82) is 0 Å². The number of nitrogens with zero attached hydrogens (tertiary/aromatic N) is 6. The minimum atomic E-state index is -0.0473. The van der Waals surface area contributed by atoms with E-state index in [1.807, 2.05) is 11.0 Å². The van der Waals surface area contributed by atoms with E-state index in [1.54, 1.807) is 6.33 Å². The topological polar surface area (TPSA) is 59.7 Å². The molecule has 1 fully saturated rings. The van der Waals surface area contributed by atoms with E-state index in [9.17, 15) is 0 Å². The van der Waals surface area contributed by atoms with Crippen molar-refractivity contribution >= 4 is 5.82 Å². The van der Waals surface area contributed by atoms with Crippen molar-refractivity contribution in [2.45, 2.75) is 58.9 Å². The van der Waals surface area contributed by atoms with E-state index in [1.165, 1.54) is 5.56 Å². The molecule has 2 aromatic rings. The SMILES string of the molecule is Cc1nc(C(C)(C)C)nc(N2CCC[C@H](n3cncn3)C2)c1C. The molecule has 6 nitrogen and oxygen atoms in total. The minimum Gasteiger partial charge on any atom is -0.354 e. The van der Waals surface area contributed by atoms with Crippen LogP contribution in [0.1, 0.15) is 56.7 Å². The van der Waals surface area contributed by atoms with Crippen LogP contribution in [-0.4, -0.2) is 37.8 Å². The smallest absolute Gasteiger partial charge is 0.137 e. The monoisotopic (exact) mass is 314 g/mol.